The second-order valence-corrected chi connectivity index (χ2v) is 8.29. The molecule has 2 N–H and O–H groups in total. The molecule has 0 aliphatic heterocycles. The number of rotatable bonds is 7. The molecule has 0 saturated heterocycles. The van der Waals surface area contributed by atoms with Gasteiger partial charge in [0.05, 0.1) is 12.2 Å². The molecular weight excluding hydrogens is 384 g/mol. The van der Waals surface area contributed by atoms with Crippen LogP contribution in [0.4, 0.5) is 0 Å². The smallest absolute Gasteiger partial charge is 0.257 e. The highest BCUT2D eigenvalue weighted by Crippen LogP contribution is 2.22. The van der Waals surface area contributed by atoms with Crippen molar-refractivity contribution in [1.29, 1.82) is 0 Å². The van der Waals surface area contributed by atoms with E-state index in [9.17, 15) is 14.4 Å². The molecule has 8 heteroatoms. The predicted octanol–water partition coefficient (Wildman–Crippen LogP) is 2.97. The average Bonchev–Trinajstić information content (AvgIpc) is 3.16. The minimum atomic E-state index is -0.570. The van der Waals surface area contributed by atoms with Gasteiger partial charge in [0, 0.05) is 31.0 Å². The molecule has 2 heterocycles. The van der Waals surface area contributed by atoms with Crippen molar-refractivity contribution in [3.05, 3.63) is 51.3 Å². The van der Waals surface area contributed by atoms with Gasteiger partial charge in [-0.25, -0.2) is 0 Å². The molecule has 0 bridgehead atoms. The topological polar surface area (TPSA) is 106 Å². The Labute approximate surface area is 176 Å². The van der Waals surface area contributed by atoms with Gasteiger partial charge in [-0.15, -0.1) is 0 Å². The van der Waals surface area contributed by atoms with E-state index in [1.54, 1.807) is 17.6 Å². The average molecular weight is 415 g/mol. The lowest BCUT2D eigenvalue weighted by atomic mass is 9.89. The van der Waals surface area contributed by atoms with Crippen LogP contribution in [0.5, 0.6) is 0 Å². The number of hydrogen-bond acceptors (Lipinski definition) is 5. The van der Waals surface area contributed by atoms with Crippen molar-refractivity contribution in [3.8, 4) is 0 Å². The molecular formula is C22H30N4O4. The Balaban J connectivity index is 1.77. The molecule has 2 amide bonds. The highest BCUT2D eigenvalue weighted by molar-refractivity contribution is 5.99. The van der Waals surface area contributed by atoms with Crippen LogP contribution < -0.4 is 16.1 Å². The summed E-state index contributed by atoms with van der Waals surface area (Å²) in [6, 6.07) is 1.70. The summed E-state index contributed by atoms with van der Waals surface area (Å²) in [4.78, 5) is 38.4. The van der Waals surface area contributed by atoms with E-state index in [0.29, 0.717) is 23.9 Å². The molecule has 0 unspecified atom stereocenters. The molecule has 1 aliphatic carbocycles. The lowest BCUT2D eigenvalue weighted by Gasteiger charge is -2.22. The number of aryl methyl sites for hydroxylation is 1. The number of carbonyl (C=O) groups excluding carboxylic acids is 2. The maximum Gasteiger partial charge on any atom is 0.257 e. The number of amides is 2. The van der Waals surface area contributed by atoms with Gasteiger partial charge in [0.2, 0.25) is 5.43 Å². The van der Waals surface area contributed by atoms with Crippen LogP contribution in [-0.2, 0) is 6.54 Å². The van der Waals surface area contributed by atoms with Gasteiger partial charge in [-0.3, -0.25) is 14.4 Å². The van der Waals surface area contributed by atoms with E-state index in [0.717, 1.165) is 12.8 Å². The van der Waals surface area contributed by atoms with E-state index in [1.165, 1.54) is 31.7 Å². The molecule has 3 rings (SSSR count). The Kier molecular flexibility index (Phi) is 7.07. The fraction of sp³-hybridized carbons (Fsp3) is 0.545. The SMILES string of the molecule is Cc1cc(CNC(=O)c2cn(C(C)C)cc(C(=O)NCC3CCCCC3)c2=O)on1. The van der Waals surface area contributed by atoms with E-state index in [1.807, 2.05) is 13.8 Å². The minimum Gasteiger partial charge on any atom is -0.359 e. The summed E-state index contributed by atoms with van der Waals surface area (Å²) in [5.41, 5.74) is 0.0604. The number of carbonyl (C=O) groups is 2. The molecule has 2 aromatic rings. The molecule has 1 saturated carbocycles. The first-order valence-electron chi connectivity index (χ1n) is 10.6. The van der Waals surface area contributed by atoms with Gasteiger partial charge in [0.15, 0.2) is 5.76 Å². The van der Waals surface area contributed by atoms with Crippen molar-refractivity contribution in [2.24, 2.45) is 5.92 Å². The summed E-state index contributed by atoms with van der Waals surface area (Å²) in [7, 11) is 0. The Bertz CT molecular complexity index is 954. The molecule has 0 radical (unpaired) electrons. The Morgan fingerprint density at radius 2 is 1.77 bits per heavy atom. The van der Waals surface area contributed by atoms with E-state index in [4.69, 9.17) is 4.52 Å². The summed E-state index contributed by atoms with van der Waals surface area (Å²) in [6.45, 7) is 6.30. The number of aromatic nitrogens is 2. The fourth-order valence-electron chi connectivity index (χ4n) is 3.71. The first-order chi connectivity index (χ1) is 14.3. The number of nitrogens with one attached hydrogen (secondary N) is 2. The third kappa shape index (κ3) is 5.37. The highest BCUT2D eigenvalue weighted by Gasteiger charge is 2.21. The molecule has 1 fully saturated rings. The van der Waals surface area contributed by atoms with Gasteiger partial charge in [0.25, 0.3) is 11.8 Å². The summed E-state index contributed by atoms with van der Waals surface area (Å²) < 4.78 is 6.79. The monoisotopic (exact) mass is 414 g/mol. The van der Waals surface area contributed by atoms with Crippen LogP contribution in [0.3, 0.4) is 0 Å². The lowest BCUT2D eigenvalue weighted by Crippen LogP contribution is -2.37. The zero-order valence-electron chi connectivity index (χ0n) is 17.9. The van der Waals surface area contributed by atoms with Gasteiger partial charge < -0.3 is 19.7 Å². The summed E-state index contributed by atoms with van der Waals surface area (Å²) in [5.74, 6) is -0.0378. The summed E-state index contributed by atoms with van der Waals surface area (Å²) in [5, 5.41) is 9.34. The zero-order chi connectivity index (χ0) is 21.7. The first kappa shape index (κ1) is 21.8. The van der Waals surface area contributed by atoms with Gasteiger partial charge >= 0.3 is 0 Å². The zero-order valence-corrected chi connectivity index (χ0v) is 17.9. The fourth-order valence-corrected chi connectivity index (χ4v) is 3.71. The summed E-state index contributed by atoms with van der Waals surface area (Å²) >= 11 is 0. The van der Waals surface area contributed by atoms with Crippen LogP contribution in [-0.4, -0.2) is 28.1 Å². The largest absolute Gasteiger partial charge is 0.359 e. The quantitative estimate of drug-likeness (QED) is 0.724. The lowest BCUT2D eigenvalue weighted by molar-refractivity contribution is 0.0941. The number of pyridine rings is 1. The van der Waals surface area contributed by atoms with Crippen molar-refractivity contribution in [3.63, 3.8) is 0 Å². The summed E-state index contributed by atoms with van der Waals surface area (Å²) in [6.07, 6.45) is 8.82. The van der Waals surface area contributed by atoms with Crippen molar-refractivity contribution in [1.82, 2.24) is 20.4 Å². The second kappa shape index (κ2) is 9.73. The molecule has 0 aromatic carbocycles. The third-order valence-corrected chi connectivity index (χ3v) is 5.51. The van der Waals surface area contributed by atoms with Crippen LogP contribution >= 0.6 is 0 Å². The normalized spacial score (nSPS) is 14.7. The molecule has 1 aliphatic rings. The van der Waals surface area contributed by atoms with Crippen LogP contribution in [0.2, 0.25) is 0 Å². The van der Waals surface area contributed by atoms with Gasteiger partial charge in [-0.1, -0.05) is 24.4 Å². The Morgan fingerprint density at radius 1 is 1.13 bits per heavy atom. The van der Waals surface area contributed by atoms with Crippen molar-refractivity contribution >= 4 is 11.8 Å². The van der Waals surface area contributed by atoms with Crippen LogP contribution in [0.1, 0.15) is 84.2 Å². The molecule has 8 nitrogen and oxygen atoms in total. The van der Waals surface area contributed by atoms with E-state index < -0.39 is 17.2 Å². The maximum atomic E-state index is 12.9. The van der Waals surface area contributed by atoms with Crippen molar-refractivity contribution < 1.29 is 14.1 Å². The van der Waals surface area contributed by atoms with Gasteiger partial charge in [0.1, 0.15) is 11.1 Å². The van der Waals surface area contributed by atoms with E-state index in [2.05, 4.69) is 15.8 Å². The Morgan fingerprint density at radius 3 is 2.33 bits per heavy atom. The standard InChI is InChI=1S/C22H30N4O4/c1-14(2)26-12-18(21(28)23-10-16-7-5-4-6-8-16)20(27)19(13-26)22(29)24-11-17-9-15(3)25-30-17/h9,12-14,16H,4-8,10-11H2,1-3H3,(H,23,28)(H,24,29). The second-order valence-electron chi connectivity index (χ2n) is 8.29. The third-order valence-electron chi connectivity index (χ3n) is 5.51. The first-order valence-corrected chi connectivity index (χ1v) is 10.6. The minimum absolute atomic E-state index is 0.0114. The molecule has 30 heavy (non-hydrogen) atoms. The molecule has 2 aromatic heterocycles. The number of hydrogen-bond donors (Lipinski definition) is 2. The predicted molar refractivity (Wildman–Crippen MR) is 112 cm³/mol. The van der Waals surface area contributed by atoms with Crippen LogP contribution in [0, 0.1) is 12.8 Å². The molecule has 0 atom stereocenters. The number of nitrogens with zero attached hydrogens (tertiary/aromatic N) is 2. The van der Waals surface area contributed by atoms with Gasteiger partial charge in [-0.2, -0.15) is 0 Å². The van der Waals surface area contributed by atoms with Gasteiger partial charge in [-0.05, 0) is 39.5 Å². The molecule has 162 valence electrons. The van der Waals surface area contributed by atoms with Crippen LogP contribution in [0.25, 0.3) is 0 Å². The van der Waals surface area contributed by atoms with Crippen molar-refractivity contribution in [2.75, 3.05) is 6.54 Å². The van der Waals surface area contributed by atoms with Crippen LogP contribution in [0.15, 0.2) is 27.8 Å². The molecule has 0 spiro atoms. The van der Waals surface area contributed by atoms with Crippen molar-refractivity contribution in [2.45, 2.75) is 65.5 Å². The van der Waals surface area contributed by atoms with E-state index in [-0.39, 0.29) is 23.7 Å². The maximum absolute atomic E-state index is 12.9. The highest BCUT2D eigenvalue weighted by atomic mass is 16.5. The van der Waals surface area contributed by atoms with E-state index >= 15 is 0 Å². The Hall–Kier alpha value is -2.90.